The number of nitro benzene ring substituents is 1. The molecule has 1 N–H and O–H groups in total. The van der Waals surface area contributed by atoms with Gasteiger partial charge in [0.15, 0.2) is 0 Å². The summed E-state index contributed by atoms with van der Waals surface area (Å²) in [5.41, 5.74) is 4.24. The second kappa shape index (κ2) is 8.26. The van der Waals surface area contributed by atoms with Gasteiger partial charge < -0.3 is 10.1 Å². The van der Waals surface area contributed by atoms with Crippen LogP contribution in [0.4, 0.5) is 16.5 Å². The number of benzene rings is 2. The number of hydrogen-bond donors (Lipinski definition) is 1. The molecule has 2 aromatic carbocycles. The summed E-state index contributed by atoms with van der Waals surface area (Å²) in [6, 6.07) is 14.2. The Morgan fingerprint density at radius 2 is 1.90 bits per heavy atom. The van der Waals surface area contributed by atoms with Crippen molar-refractivity contribution >= 4 is 27.8 Å². The normalized spacial score (nSPS) is 10.6. The molecule has 0 atom stereocenters. The van der Waals surface area contributed by atoms with Gasteiger partial charge in [-0.05, 0) is 36.2 Å². The van der Waals surface area contributed by atoms with Crippen molar-refractivity contribution in [3.63, 3.8) is 0 Å². The van der Waals surface area contributed by atoms with Gasteiger partial charge in [-0.3, -0.25) is 15.1 Å². The number of nitrogens with zero attached hydrogens (tertiary/aromatic N) is 4. The van der Waals surface area contributed by atoms with Gasteiger partial charge in [0, 0.05) is 35.7 Å². The minimum atomic E-state index is -0.423. The SMILES string of the molecule is COc1cccc(-c2nnc(Nc3cc([N+](=O)[O-])ccc3C)s2)c1-c1ccncc1. The van der Waals surface area contributed by atoms with E-state index in [0.717, 1.165) is 28.0 Å². The number of hydrogen-bond acceptors (Lipinski definition) is 8. The van der Waals surface area contributed by atoms with Crippen LogP contribution >= 0.6 is 11.3 Å². The Morgan fingerprint density at radius 1 is 1.10 bits per heavy atom. The number of pyridine rings is 1. The third-order valence-electron chi connectivity index (χ3n) is 4.54. The topological polar surface area (TPSA) is 103 Å². The van der Waals surface area contributed by atoms with Gasteiger partial charge in [-0.25, -0.2) is 0 Å². The lowest BCUT2D eigenvalue weighted by atomic mass is 10.00. The van der Waals surface area contributed by atoms with Crippen LogP contribution in [-0.2, 0) is 0 Å². The van der Waals surface area contributed by atoms with Crippen LogP contribution in [0.2, 0.25) is 0 Å². The Bertz CT molecular complexity index is 1210. The second-order valence-electron chi connectivity index (χ2n) is 6.41. The number of anilines is 2. The van der Waals surface area contributed by atoms with Gasteiger partial charge >= 0.3 is 0 Å². The highest BCUT2D eigenvalue weighted by atomic mass is 32.1. The molecule has 0 radical (unpaired) electrons. The first-order valence-corrected chi connectivity index (χ1v) is 9.82. The number of nitrogens with one attached hydrogen (secondary N) is 1. The molecule has 0 unspecified atom stereocenters. The van der Waals surface area contributed by atoms with E-state index >= 15 is 0 Å². The van der Waals surface area contributed by atoms with Gasteiger partial charge in [0.1, 0.15) is 10.8 Å². The number of non-ortho nitro benzene ring substituents is 1. The molecule has 8 nitrogen and oxygen atoms in total. The molecule has 0 aliphatic rings. The van der Waals surface area contributed by atoms with E-state index in [1.807, 2.05) is 37.3 Å². The molecule has 2 aromatic heterocycles. The highest BCUT2D eigenvalue weighted by Gasteiger charge is 2.17. The molecule has 0 aliphatic heterocycles. The van der Waals surface area contributed by atoms with Gasteiger partial charge in [0.2, 0.25) is 5.13 Å². The van der Waals surface area contributed by atoms with Crippen LogP contribution in [0.25, 0.3) is 21.7 Å². The average molecular weight is 419 g/mol. The zero-order valence-electron chi connectivity index (χ0n) is 16.2. The van der Waals surface area contributed by atoms with Gasteiger partial charge in [-0.15, -0.1) is 10.2 Å². The molecule has 30 heavy (non-hydrogen) atoms. The fourth-order valence-corrected chi connectivity index (χ4v) is 3.84. The number of ether oxygens (including phenoxy) is 1. The molecule has 2 heterocycles. The second-order valence-corrected chi connectivity index (χ2v) is 7.39. The van der Waals surface area contributed by atoms with Crippen LogP contribution in [0.3, 0.4) is 0 Å². The number of nitro groups is 1. The maximum absolute atomic E-state index is 11.1. The van der Waals surface area contributed by atoms with Crippen molar-refractivity contribution < 1.29 is 9.66 Å². The average Bonchev–Trinajstić information content (AvgIpc) is 3.23. The summed E-state index contributed by atoms with van der Waals surface area (Å²) in [7, 11) is 1.63. The number of aromatic nitrogens is 3. The maximum Gasteiger partial charge on any atom is 0.271 e. The summed E-state index contributed by atoms with van der Waals surface area (Å²) >= 11 is 1.36. The van der Waals surface area contributed by atoms with Crippen LogP contribution < -0.4 is 10.1 Å². The number of rotatable bonds is 6. The Labute approximate surface area is 176 Å². The van der Waals surface area contributed by atoms with Crippen molar-refractivity contribution in [3.8, 4) is 27.4 Å². The number of aryl methyl sites for hydroxylation is 1. The molecule has 0 bridgehead atoms. The lowest BCUT2D eigenvalue weighted by Crippen LogP contribution is -1.95. The summed E-state index contributed by atoms with van der Waals surface area (Å²) in [5, 5.41) is 24.0. The lowest BCUT2D eigenvalue weighted by Gasteiger charge is -2.12. The summed E-state index contributed by atoms with van der Waals surface area (Å²) < 4.78 is 5.57. The van der Waals surface area contributed by atoms with Crippen LogP contribution in [0.1, 0.15) is 5.56 Å². The van der Waals surface area contributed by atoms with E-state index in [1.165, 1.54) is 23.5 Å². The Morgan fingerprint density at radius 3 is 2.63 bits per heavy atom. The van der Waals surface area contributed by atoms with Crippen molar-refractivity contribution in [3.05, 3.63) is 76.6 Å². The minimum Gasteiger partial charge on any atom is -0.496 e. The molecule has 4 rings (SSSR count). The minimum absolute atomic E-state index is 0.0145. The van der Waals surface area contributed by atoms with E-state index in [2.05, 4.69) is 20.5 Å². The predicted molar refractivity (Wildman–Crippen MR) is 116 cm³/mol. The van der Waals surface area contributed by atoms with Crippen LogP contribution in [0.5, 0.6) is 5.75 Å². The Kier molecular flexibility index (Phi) is 5.36. The van der Waals surface area contributed by atoms with E-state index in [1.54, 1.807) is 25.6 Å². The first kappa shape index (κ1) is 19.5. The maximum atomic E-state index is 11.1. The van der Waals surface area contributed by atoms with Crippen molar-refractivity contribution in [1.29, 1.82) is 0 Å². The highest BCUT2D eigenvalue weighted by Crippen LogP contribution is 2.41. The zero-order valence-corrected chi connectivity index (χ0v) is 17.0. The molecule has 9 heteroatoms. The molecule has 0 saturated carbocycles. The molecule has 0 saturated heterocycles. The van der Waals surface area contributed by atoms with Crippen LogP contribution in [0, 0.1) is 17.0 Å². The van der Waals surface area contributed by atoms with Crippen molar-refractivity contribution in [2.75, 3.05) is 12.4 Å². The fraction of sp³-hybridized carbons (Fsp3) is 0.0952. The van der Waals surface area contributed by atoms with Crippen molar-refractivity contribution in [2.24, 2.45) is 0 Å². The number of methoxy groups -OCH3 is 1. The van der Waals surface area contributed by atoms with Gasteiger partial charge in [-0.1, -0.05) is 29.5 Å². The zero-order chi connectivity index (χ0) is 21.1. The van der Waals surface area contributed by atoms with Crippen LogP contribution in [-0.4, -0.2) is 27.2 Å². The third kappa shape index (κ3) is 3.83. The molecule has 0 aliphatic carbocycles. The molecule has 0 fully saturated rings. The summed E-state index contributed by atoms with van der Waals surface area (Å²) in [5.74, 6) is 0.720. The first-order valence-electron chi connectivity index (χ1n) is 9.00. The first-order chi connectivity index (χ1) is 14.6. The van der Waals surface area contributed by atoms with Crippen LogP contribution in [0.15, 0.2) is 60.9 Å². The highest BCUT2D eigenvalue weighted by molar-refractivity contribution is 7.18. The third-order valence-corrected chi connectivity index (χ3v) is 5.42. The standard InChI is InChI=1S/C21H17N5O3S/c1-13-6-7-15(26(27)28)12-17(13)23-21-25-24-20(30-21)16-4-3-5-18(29-2)19(16)14-8-10-22-11-9-14/h3-12H,1-2H3,(H,23,25). The van der Waals surface area contributed by atoms with E-state index < -0.39 is 4.92 Å². The van der Waals surface area contributed by atoms with E-state index in [0.29, 0.717) is 15.8 Å². The van der Waals surface area contributed by atoms with E-state index in [9.17, 15) is 10.1 Å². The molecule has 4 aromatic rings. The molecular weight excluding hydrogens is 402 g/mol. The van der Waals surface area contributed by atoms with Crippen molar-refractivity contribution in [2.45, 2.75) is 6.92 Å². The van der Waals surface area contributed by atoms with Gasteiger partial charge in [0.25, 0.3) is 5.69 Å². The predicted octanol–water partition coefficient (Wildman–Crippen LogP) is 5.24. The van der Waals surface area contributed by atoms with E-state index in [4.69, 9.17) is 4.74 Å². The summed E-state index contributed by atoms with van der Waals surface area (Å²) in [6.07, 6.45) is 3.45. The molecule has 0 amide bonds. The largest absolute Gasteiger partial charge is 0.496 e. The monoisotopic (exact) mass is 419 g/mol. The van der Waals surface area contributed by atoms with Crippen molar-refractivity contribution in [1.82, 2.24) is 15.2 Å². The van der Waals surface area contributed by atoms with E-state index in [-0.39, 0.29) is 5.69 Å². The smallest absolute Gasteiger partial charge is 0.271 e. The Balaban J connectivity index is 1.72. The Hall–Kier alpha value is -3.85. The molecule has 150 valence electrons. The molecule has 0 spiro atoms. The van der Waals surface area contributed by atoms with Gasteiger partial charge in [0.05, 0.1) is 17.7 Å². The molecular formula is C21H17N5O3S. The quantitative estimate of drug-likeness (QED) is 0.337. The fourth-order valence-electron chi connectivity index (χ4n) is 3.05. The van der Waals surface area contributed by atoms with Gasteiger partial charge in [-0.2, -0.15) is 0 Å². The lowest BCUT2D eigenvalue weighted by molar-refractivity contribution is -0.384. The summed E-state index contributed by atoms with van der Waals surface area (Å²) in [6.45, 7) is 1.87. The summed E-state index contributed by atoms with van der Waals surface area (Å²) in [4.78, 5) is 14.7.